The molecule has 2 N–H and O–H groups in total. The number of carbonyl (C=O) groups is 1. The number of anilines is 1. The number of carbonyl (C=O) groups excluding carboxylic acids is 1. The fourth-order valence-electron chi connectivity index (χ4n) is 2.34. The van der Waals surface area contributed by atoms with Crippen LogP contribution >= 0.6 is 0 Å². The van der Waals surface area contributed by atoms with Gasteiger partial charge in [-0.2, -0.15) is 0 Å². The summed E-state index contributed by atoms with van der Waals surface area (Å²) in [4.78, 5) is 18.7. The quantitative estimate of drug-likeness (QED) is 0.882. The van der Waals surface area contributed by atoms with Crippen molar-refractivity contribution >= 4 is 11.8 Å². The highest BCUT2D eigenvalue weighted by molar-refractivity contribution is 5.74. The summed E-state index contributed by atoms with van der Waals surface area (Å²) in [6.45, 7) is 6.54. The Morgan fingerprint density at radius 3 is 2.58 bits per heavy atom. The van der Waals surface area contributed by atoms with Gasteiger partial charge < -0.3 is 20.0 Å². The lowest BCUT2D eigenvalue weighted by Gasteiger charge is -2.29. The van der Waals surface area contributed by atoms with Crippen LogP contribution in [0.5, 0.6) is 0 Å². The van der Waals surface area contributed by atoms with Gasteiger partial charge in [-0.3, -0.25) is 0 Å². The van der Waals surface area contributed by atoms with E-state index < -0.39 is 0 Å². The summed E-state index contributed by atoms with van der Waals surface area (Å²) in [7, 11) is 3.87. The van der Waals surface area contributed by atoms with Gasteiger partial charge in [0.2, 0.25) is 0 Å². The summed E-state index contributed by atoms with van der Waals surface area (Å²) in [5.41, 5.74) is 0.639. The van der Waals surface area contributed by atoms with Gasteiger partial charge >= 0.3 is 6.03 Å². The Morgan fingerprint density at radius 1 is 1.25 bits per heavy atom. The first-order valence-corrected chi connectivity index (χ1v) is 7.98. The van der Waals surface area contributed by atoms with Gasteiger partial charge in [-0.1, -0.05) is 26.8 Å². The van der Waals surface area contributed by atoms with Crippen molar-refractivity contribution in [3.63, 3.8) is 0 Å². The lowest BCUT2D eigenvalue weighted by molar-refractivity contribution is 0.207. The van der Waals surface area contributed by atoms with Crippen LogP contribution in [0.3, 0.4) is 0 Å². The van der Waals surface area contributed by atoms with E-state index in [0.29, 0.717) is 6.54 Å². The molecule has 6 nitrogen and oxygen atoms in total. The average molecular weight is 330 g/mol. The van der Waals surface area contributed by atoms with E-state index in [2.05, 4.69) is 36.4 Å². The van der Waals surface area contributed by atoms with Gasteiger partial charge in [0.1, 0.15) is 11.6 Å². The molecule has 1 unspecified atom stereocenters. The second-order valence-corrected chi connectivity index (χ2v) is 7.02. The molecule has 0 saturated heterocycles. The van der Waals surface area contributed by atoms with Crippen LogP contribution in [0.2, 0.25) is 0 Å². The van der Waals surface area contributed by atoms with E-state index in [-0.39, 0.29) is 17.5 Å². The molecule has 0 aliphatic rings. The number of furan rings is 1. The maximum atomic E-state index is 12.3. The van der Waals surface area contributed by atoms with E-state index in [1.807, 2.05) is 49.3 Å². The third kappa shape index (κ3) is 4.75. The first-order chi connectivity index (χ1) is 11.3. The van der Waals surface area contributed by atoms with E-state index in [0.717, 1.165) is 17.3 Å². The Morgan fingerprint density at radius 2 is 2.00 bits per heavy atom. The molecule has 0 aliphatic carbocycles. The molecule has 2 aromatic rings. The Kier molecular flexibility index (Phi) is 5.49. The predicted molar refractivity (Wildman–Crippen MR) is 94.8 cm³/mol. The number of aromatic nitrogens is 1. The average Bonchev–Trinajstić information content (AvgIpc) is 3.03. The van der Waals surface area contributed by atoms with E-state index in [1.165, 1.54) is 0 Å². The van der Waals surface area contributed by atoms with Crippen LogP contribution in [0.25, 0.3) is 0 Å². The number of amides is 2. The third-order valence-corrected chi connectivity index (χ3v) is 3.65. The van der Waals surface area contributed by atoms with Gasteiger partial charge in [-0.25, -0.2) is 9.78 Å². The van der Waals surface area contributed by atoms with Crippen LogP contribution in [0.4, 0.5) is 10.6 Å². The minimum Gasteiger partial charge on any atom is -0.467 e. The zero-order valence-corrected chi connectivity index (χ0v) is 15.0. The molecule has 2 rings (SSSR count). The smallest absolute Gasteiger partial charge is 0.315 e. The minimum atomic E-state index is -0.247. The molecule has 130 valence electrons. The van der Waals surface area contributed by atoms with E-state index in [4.69, 9.17) is 4.42 Å². The number of nitrogens with zero attached hydrogens (tertiary/aromatic N) is 2. The Bertz CT molecular complexity index is 660. The van der Waals surface area contributed by atoms with Crippen molar-refractivity contribution in [2.75, 3.05) is 19.0 Å². The molecule has 0 bridgehead atoms. The summed E-state index contributed by atoms with van der Waals surface area (Å²) >= 11 is 0. The van der Waals surface area contributed by atoms with Gasteiger partial charge in [0.25, 0.3) is 0 Å². The molecule has 2 aromatic heterocycles. The van der Waals surface area contributed by atoms with Gasteiger partial charge in [-0.05, 0) is 29.7 Å². The van der Waals surface area contributed by atoms with Crippen LogP contribution in [-0.2, 0) is 6.54 Å². The Hall–Kier alpha value is -2.50. The minimum absolute atomic E-state index is 0.168. The zero-order valence-electron chi connectivity index (χ0n) is 15.0. The van der Waals surface area contributed by atoms with E-state index in [1.54, 1.807) is 6.26 Å². The first kappa shape index (κ1) is 17.8. The molecule has 1 atom stereocenters. The largest absolute Gasteiger partial charge is 0.467 e. The second kappa shape index (κ2) is 7.38. The fourth-order valence-corrected chi connectivity index (χ4v) is 2.34. The molecule has 0 saturated carbocycles. The van der Waals surface area contributed by atoms with Crippen molar-refractivity contribution in [2.45, 2.75) is 33.4 Å². The van der Waals surface area contributed by atoms with Crippen molar-refractivity contribution in [2.24, 2.45) is 5.41 Å². The maximum absolute atomic E-state index is 12.3. The van der Waals surface area contributed by atoms with E-state index in [9.17, 15) is 4.79 Å². The monoisotopic (exact) mass is 330 g/mol. The number of nitrogens with one attached hydrogen (secondary N) is 2. The topological polar surface area (TPSA) is 70.4 Å². The van der Waals surface area contributed by atoms with E-state index >= 15 is 0 Å². The molecule has 0 fully saturated rings. The molecular weight excluding hydrogens is 304 g/mol. The zero-order chi connectivity index (χ0) is 17.7. The molecule has 0 radical (unpaired) electrons. The molecule has 2 amide bonds. The molecule has 2 heterocycles. The second-order valence-electron chi connectivity index (χ2n) is 7.02. The molecule has 6 heteroatoms. The summed E-state index contributed by atoms with van der Waals surface area (Å²) in [5.74, 6) is 1.60. The lowest BCUT2D eigenvalue weighted by Crippen LogP contribution is -2.42. The van der Waals surface area contributed by atoms with Gasteiger partial charge in [-0.15, -0.1) is 0 Å². The van der Waals surface area contributed by atoms with Gasteiger partial charge in [0.05, 0.1) is 24.5 Å². The number of rotatable bonds is 5. The van der Waals surface area contributed by atoms with Crippen molar-refractivity contribution in [1.82, 2.24) is 15.6 Å². The maximum Gasteiger partial charge on any atom is 0.315 e. The van der Waals surface area contributed by atoms with Crippen molar-refractivity contribution in [1.29, 1.82) is 0 Å². The Labute approximate surface area is 143 Å². The first-order valence-electron chi connectivity index (χ1n) is 7.98. The van der Waals surface area contributed by atoms with Crippen LogP contribution in [0.1, 0.15) is 38.3 Å². The highest BCUT2D eigenvalue weighted by atomic mass is 16.3. The van der Waals surface area contributed by atoms with Crippen molar-refractivity contribution in [3.8, 4) is 0 Å². The number of hydrogen-bond acceptors (Lipinski definition) is 4. The number of urea groups is 1. The van der Waals surface area contributed by atoms with Crippen molar-refractivity contribution in [3.05, 3.63) is 48.0 Å². The molecule has 0 aromatic carbocycles. The van der Waals surface area contributed by atoms with Crippen LogP contribution in [-0.4, -0.2) is 25.1 Å². The molecule has 0 spiro atoms. The highest BCUT2D eigenvalue weighted by Crippen LogP contribution is 2.32. The highest BCUT2D eigenvalue weighted by Gasteiger charge is 2.29. The summed E-state index contributed by atoms with van der Waals surface area (Å²) in [6, 6.07) is 8.98. The van der Waals surface area contributed by atoms with Gasteiger partial charge in [0, 0.05) is 14.1 Å². The predicted octanol–water partition coefficient (Wildman–Crippen LogP) is 3.33. The normalized spacial score (nSPS) is 12.5. The summed E-state index contributed by atoms with van der Waals surface area (Å²) in [6.07, 6.45) is 1.62. The Balaban J connectivity index is 1.98. The summed E-state index contributed by atoms with van der Waals surface area (Å²) in [5, 5.41) is 5.84. The fraction of sp³-hybridized carbons (Fsp3) is 0.444. The van der Waals surface area contributed by atoms with Crippen LogP contribution in [0.15, 0.2) is 41.0 Å². The molecule has 0 aliphatic heterocycles. The number of pyridine rings is 1. The molecule has 24 heavy (non-hydrogen) atoms. The number of hydrogen-bond donors (Lipinski definition) is 2. The van der Waals surface area contributed by atoms with Crippen molar-refractivity contribution < 1.29 is 9.21 Å². The van der Waals surface area contributed by atoms with Gasteiger partial charge in [0.15, 0.2) is 0 Å². The lowest BCUT2D eigenvalue weighted by atomic mass is 9.85. The molecular formula is C18H26N4O2. The summed E-state index contributed by atoms with van der Waals surface area (Å²) < 4.78 is 5.47. The third-order valence-electron chi connectivity index (χ3n) is 3.65. The van der Waals surface area contributed by atoms with Crippen LogP contribution < -0.4 is 15.5 Å². The standard InChI is InChI=1S/C18H26N4O2/c1-18(2,3)16(14-9-7-11-24-14)21-17(23)19-12-13-8-6-10-15(20-13)22(4)5/h6-11,16H,12H2,1-5H3,(H2,19,21,23). The van der Waals surface area contributed by atoms with Crippen LogP contribution in [0, 0.1) is 5.41 Å². The SMILES string of the molecule is CN(C)c1cccc(CNC(=O)NC(c2ccco2)C(C)(C)C)n1.